The number of benzene rings is 1. The van der Waals surface area contributed by atoms with Crippen molar-refractivity contribution in [2.24, 2.45) is 11.8 Å². The molecule has 18 heavy (non-hydrogen) atoms. The molecule has 0 bridgehead atoms. The molecule has 1 heterocycles. The van der Waals surface area contributed by atoms with Crippen LogP contribution in [0.5, 0.6) is 0 Å². The highest BCUT2D eigenvalue weighted by Crippen LogP contribution is 2.25. The monoisotopic (exact) mass is 245 g/mol. The lowest BCUT2D eigenvalue weighted by Crippen LogP contribution is -2.27. The van der Waals surface area contributed by atoms with Gasteiger partial charge in [0, 0.05) is 18.7 Å². The van der Waals surface area contributed by atoms with Crippen molar-refractivity contribution >= 4 is 5.91 Å². The molecule has 2 heteroatoms. The zero-order valence-corrected chi connectivity index (χ0v) is 11.9. The van der Waals surface area contributed by atoms with Crippen molar-refractivity contribution in [2.75, 3.05) is 6.54 Å². The lowest BCUT2D eigenvalue weighted by molar-refractivity contribution is 0.0760. The summed E-state index contributed by atoms with van der Waals surface area (Å²) in [5, 5.41) is 0. The van der Waals surface area contributed by atoms with Crippen molar-refractivity contribution in [2.45, 2.75) is 40.7 Å². The van der Waals surface area contributed by atoms with Crippen LogP contribution in [0.1, 0.15) is 49.2 Å². The molecular formula is C16H23NO. The number of hydrogen-bond donors (Lipinski definition) is 0. The lowest BCUT2D eigenvalue weighted by Gasteiger charge is -2.17. The molecule has 0 saturated heterocycles. The SMILES string of the molecule is CC(C)Cc1ccc2c(c1)CN(CC(C)C)C2=O. The maximum atomic E-state index is 12.2. The molecule has 0 N–H and O–H groups in total. The fourth-order valence-electron chi connectivity index (χ4n) is 2.62. The van der Waals surface area contributed by atoms with E-state index in [1.165, 1.54) is 11.1 Å². The molecule has 98 valence electrons. The van der Waals surface area contributed by atoms with Crippen molar-refractivity contribution < 1.29 is 4.79 Å². The van der Waals surface area contributed by atoms with Gasteiger partial charge in [-0.3, -0.25) is 4.79 Å². The maximum absolute atomic E-state index is 12.2. The Hall–Kier alpha value is -1.31. The summed E-state index contributed by atoms with van der Waals surface area (Å²) in [7, 11) is 0. The highest BCUT2D eigenvalue weighted by Gasteiger charge is 2.27. The molecule has 0 radical (unpaired) electrons. The zero-order valence-electron chi connectivity index (χ0n) is 11.9. The van der Waals surface area contributed by atoms with E-state index in [0.29, 0.717) is 11.8 Å². The van der Waals surface area contributed by atoms with Crippen molar-refractivity contribution in [1.29, 1.82) is 0 Å². The normalized spacial score (nSPS) is 14.8. The van der Waals surface area contributed by atoms with Gasteiger partial charge in [-0.05, 0) is 35.4 Å². The Bertz CT molecular complexity index is 448. The van der Waals surface area contributed by atoms with E-state index >= 15 is 0 Å². The molecule has 1 aliphatic heterocycles. The van der Waals surface area contributed by atoms with E-state index in [9.17, 15) is 4.79 Å². The van der Waals surface area contributed by atoms with E-state index in [2.05, 4.69) is 39.8 Å². The molecule has 1 amide bonds. The topological polar surface area (TPSA) is 20.3 Å². The second-order valence-corrected chi connectivity index (χ2v) is 6.17. The largest absolute Gasteiger partial charge is 0.334 e. The van der Waals surface area contributed by atoms with Gasteiger partial charge in [0.05, 0.1) is 0 Å². The third-order valence-corrected chi connectivity index (χ3v) is 3.28. The zero-order chi connectivity index (χ0) is 13.3. The summed E-state index contributed by atoms with van der Waals surface area (Å²) >= 11 is 0. The lowest BCUT2D eigenvalue weighted by atomic mass is 9.99. The number of rotatable bonds is 4. The molecule has 0 atom stereocenters. The van der Waals surface area contributed by atoms with Crippen LogP contribution in [0.2, 0.25) is 0 Å². The van der Waals surface area contributed by atoms with Crippen LogP contribution >= 0.6 is 0 Å². The first-order valence-electron chi connectivity index (χ1n) is 6.88. The predicted molar refractivity (Wildman–Crippen MR) is 74.6 cm³/mol. The molecule has 2 nitrogen and oxygen atoms in total. The van der Waals surface area contributed by atoms with Gasteiger partial charge in [0.1, 0.15) is 0 Å². The Morgan fingerprint density at radius 3 is 2.50 bits per heavy atom. The van der Waals surface area contributed by atoms with Gasteiger partial charge in [0.25, 0.3) is 5.91 Å². The number of fused-ring (bicyclic) bond motifs is 1. The Morgan fingerprint density at radius 1 is 1.17 bits per heavy atom. The fraction of sp³-hybridized carbons (Fsp3) is 0.562. The van der Waals surface area contributed by atoms with E-state index in [1.807, 2.05) is 11.0 Å². The average molecular weight is 245 g/mol. The van der Waals surface area contributed by atoms with Gasteiger partial charge in [0.15, 0.2) is 0 Å². The van der Waals surface area contributed by atoms with Crippen LogP contribution in [0.25, 0.3) is 0 Å². The molecule has 1 aliphatic rings. The Labute approximate surface area is 110 Å². The van der Waals surface area contributed by atoms with E-state index in [-0.39, 0.29) is 5.91 Å². The number of amides is 1. The van der Waals surface area contributed by atoms with Crippen LogP contribution in [0, 0.1) is 11.8 Å². The highest BCUT2D eigenvalue weighted by atomic mass is 16.2. The second kappa shape index (κ2) is 5.13. The number of nitrogens with zero attached hydrogens (tertiary/aromatic N) is 1. The highest BCUT2D eigenvalue weighted by molar-refractivity contribution is 5.98. The molecular weight excluding hydrogens is 222 g/mol. The van der Waals surface area contributed by atoms with Gasteiger partial charge in [-0.15, -0.1) is 0 Å². The van der Waals surface area contributed by atoms with Crippen LogP contribution in [0.4, 0.5) is 0 Å². The van der Waals surface area contributed by atoms with E-state index in [1.54, 1.807) is 0 Å². The summed E-state index contributed by atoms with van der Waals surface area (Å²) in [4.78, 5) is 14.2. The number of carbonyl (C=O) groups excluding carboxylic acids is 1. The molecule has 0 aliphatic carbocycles. The standard InChI is InChI=1S/C16H23NO/c1-11(2)7-13-5-6-15-14(8-13)10-17(16(15)18)9-12(3)4/h5-6,8,11-12H,7,9-10H2,1-4H3. The van der Waals surface area contributed by atoms with Crippen LogP contribution in [0.15, 0.2) is 18.2 Å². The van der Waals surface area contributed by atoms with Crippen molar-refractivity contribution in [3.05, 3.63) is 34.9 Å². The van der Waals surface area contributed by atoms with E-state index in [0.717, 1.165) is 25.1 Å². The van der Waals surface area contributed by atoms with Gasteiger partial charge in [0.2, 0.25) is 0 Å². The fourth-order valence-corrected chi connectivity index (χ4v) is 2.62. The maximum Gasteiger partial charge on any atom is 0.254 e. The van der Waals surface area contributed by atoms with Crippen molar-refractivity contribution in [3.63, 3.8) is 0 Å². The second-order valence-electron chi connectivity index (χ2n) is 6.17. The summed E-state index contributed by atoms with van der Waals surface area (Å²) in [6.45, 7) is 10.4. The minimum Gasteiger partial charge on any atom is -0.334 e. The van der Waals surface area contributed by atoms with Crippen LogP contribution in [-0.4, -0.2) is 17.4 Å². The van der Waals surface area contributed by atoms with E-state index in [4.69, 9.17) is 0 Å². The van der Waals surface area contributed by atoms with Crippen LogP contribution < -0.4 is 0 Å². The average Bonchev–Trinajstić information content (AvgIpc) is 2.54. The number of hydrogen-bond acceptors (Lipinski definition) is 1. The summed E-state index contributed by atoms with van der Waals surface area (Å²) in [6, 6.07) is 6.33. The first-order valence-corrected chi connectivity index (χ1v) is 6.88. The predicted octanol–water partition coefficient (Wildman–Crippen LogP) is 3.50. The molecule has 0 fully saturated rings. The Morgan fingerprint density at radius 2 is 1.89 bits per heavy atom. The molecule has 0 spiro atoms. The molecule has 0 unspecified atom stereocenters. The van der Waals surface area contributed by atoms with E-state index < -0.39 is 0 Å². The van der Waals surface area contributed by atoms with Gasteiger partial charge < -0.3 is 4.90 Å². The first-order chi connectivity index (χ1) is 8.47. The summed E-state index contributed by atoms with van der Waals surface area (Å²) < 4.78 is 0. The number of carbonyl (C=O) groups is 1. The quantitative estimate of drug-likeness (QED) is 0.795. The smallest absolute Gasteiger partial charge is 0.254 e. The first kappa shape index (κ1) is 13.1. The molecule has 1 aromatic carbocycles. The van der Waals surface area contributed by atoms with Gasteiger partial charge in [-0.25, -0.2) is 0 Å². The van der Waals surface area contributed by atoms with Gasteiger partial charge >= 0.3 is 0 Å². The molecule has 2 rings (SSSR count). The minimum atomic E-state index is 0.204. The third-order valence-electron chi connectivity index (χ3n) is 3.28. The van der Waals surface area contributed by atoms with Crippen LogP contribution in [-0.2, 0) is 13.0 Å². The molecule has 1 aromatic rings. The van der Waals surface area contributed by atoms with Crippen molar-refractivity contribution in [3.8, 4) is 0 Å². The summed E-state index contributed by atoms with van der Waals surface area (Å²) in [6.07, 6.45) is 1.09. The van der Waals surface area contributed by atoms with Gasteiger partial charge in [-0.2, -0.15) is 0 Å². The minimum absolute atomic E-state index is 0.204. The summed E-state index contributed by atoms with van der Waals surface area (Å²) in [5.74, 6) is 1.39. The van der Waals surface area contributed by atoms with Crippen molar-refractivity contribution in [1.82, 2.24) is 4.90 Å². The van der Waals surface area contributed by atoms with Gasteiger partial charge in [-0.1, -0.05) is 39.8 Å². The summed E-state index contributed by atoms with van der Waals surface area (Å²) in [5.41, 5.74) is 3.46. The third kappa shape index (κ3) is 2.74. The molecule has 0 saturated carbocycles. The Balaban J connectivity index is 2.18. The Kier molecular flexibility index (Phi) is 3.74. The molecule has 0 aromatic heterocycles. The van der Waals surface area contributed by atoms with Crippen LogP contribution in [0.3, 0.4) is 0 Å².